The molecule has 0 bridgehead atoms. The second-order valence-electron chi connectivity index (χ2n) is 6.62. The number of benzene rings is 1. The van der Waals surface area contributed by atoms with Gasteiger partial charge in [0, 0.05) is 18.3 Å². The van der Waals surface area contributed by atoms with Crippen LogP contribution in [0.15, 0.2) is 58.1 Å². The van der Waals surface area contributed by atoms with Crippen molar-refractivity contribution in [3.63, 3.8) is 0 Å². The molecule has 0 unspecified atom stereocenters. The number of hydrogen-bond donors (Lipinski definition) is 1. The van der Waals surface area contributed by atoms with Gasteiger partial charge in [0.25, 0.3) is 5.56 Å². The molecule has 0 aliphatic rings. The van der Waals surface area contributed by atoms with E-state index in [2.05, 4.69) is 4.98 Å². The molecule has 2 heterocycles. The van der Waals surface area contributed by atoms with Gasteiger partial charge in [-0.15, -0.1) is 0 Å². The van der Waals surface area contributed by atoms with Crippen LogP contribution in [-0.2, 0) is 25.8 Å². The van der Waals surface area contributed by atoms with Crippen LogP contribution in [0.2, 0.25) is 0 Å². The summed E-state index contributed by atoms with van der Waals surface area (Å²) in [5.41, 5.74) is 4.61. The smallest absolute Gasteiger partial charge is 0.326 e. The Morgan fingerprint density at radius 1 is 0.966 bits per heavy atom. The molecule has 0 saturated carbocycles. The molecule has 0 spiro atoms. The number of alkyl halides is 3. The van der Waals surface area contributed by atoms with E-state index in [4.69, 9.17) is 5.73 Å². The fourth-order valence-corrected chi connectivity index (χ4v) is 2.99. The molecule has 0 atom stereocenters. The Balaban J connectivity index is 2.05. The van der Waals surface area contributed by atoms with Crippen molar-refractivity contribution >= 4 is 0 Å². The lowest BCUT2D eigenvalue weighted by Gasteiger charge is -2.14. The summed E-state index contributed by atoms with van der Waals surface area (Å²) >= 11 is 0. The first-order valence-corrected chi connectivity index (χ1v) is 8.81. The van der Waals surface area contributed by atoms with Gasteiger partial charge >= 0.3 is 11.9 Å². The van der Waals surface area contributed by atoms with E-state index in [1.165, 1.54) is 16.7 Å². The van der Waals surface area contributed by atoms with Crippen LogP contribution in [-0.4, -0.2) is 14.1 Å². The van der Waals surface area contributed by atoms with E-state index in [-0.39, 0.29) is 30.9 Å². The quantitative estimate of drug-likeness (QED) is 0.707. The fraction of sp³-hybridized carbons (Fsp3) is 0.250. The molecule has 0 aliphatic carbocycles. The van der Waals surface area contributed by atoms with Gasteiger partial charge in [-0.2, -0.15) is 13.2 Å². The Hall–Kier alpha value is -3.20. The summed E-state index contributed by atoms with van der Waals surface area (Å²) in [6, 6.07) is 12.7. The van der Waals surface area contributed by atoms with Crippen LogP contribution in [0.1, 0.15) is 28.2 Å². The van der Waals surface area contributed by atoms with Crippen LogP contribution in [0, 0.1) is 6.92 Å². The molecule has 0 saturated heterocycles. The van der Waals surface area contributed by atoms with Crippen LogP contribution in [0.5, 0.6) is 0 Å². The van der Waals surface area contributed by atoms with E-state index >= 15 is 0 Å². The molecule has 3 rings (SSSR count). The van der Waals surface area contributed by atoms with Crippen LogP contribution in [0.25, 0.3) is 0 Å². The number of aryl methyl sites for hydroxylation is 1. The number of pyridine rings is 1. The van der Waals surface area contributed by atoms with Crippen molar-refractivity contribution in [2.45, 2.75) is 32.7 Å². The predicted molar refractivity (Wildman–Crippen MR) is 101 cm³/mol. The number of nitrogens with zero attached hydrogens (tertiary/aromatic N) is 3. The van der Waals surface area contributed by atoms with Gasteiger partial charge in [0.1, 0.15) is 5.69 Å². The molecule has 0 radical (unpaired) electrons. The predicted octanol–water partition coefficient (Wildman–Crippen LogP) is 2.29. The molecular weight excluding hydrogens is 385 g/mol. The normalized spacial score (nSPS) is 11.6. The highest BCUT2D eigenvalue weighted by Gasteiger charge is 2.33. The maximum atomic E-state index is 13.1. The summed E-state index contributed by atoms with van der Waals surface area (Å²) in [5, 5.41) is 0. The Labute approximate surface area is 164 Å². The molecule has 6 nitrogen and oxygen atoms in total. The molecule has 3 aromatic rings. The van der Waals surface area contributed by atoms with Gasteiger partial charge in [0.2, 0.25) is 0 Å². The number of rotatable bonds is 5. The lowest BCUT2D eigenvalue weighted by molar-refractivity contribution is -0.141. The topological polar surface area (TPSA) is 82.9 Å². The van der Waals surface area contributed by atoms with Gasteiger partial charge in [-0.25, -0.2) is 9.78 Å². The summed E-state index contributed by atoms with van der Waals surface area (Å²) in [5.74, 6) is 0. The molecule has 2 N–H and O–H groups in total. The van der Waals surface area contributed by atoms with Crippen LogP contribution in [0.4, 0.5) is 13.2 Å². The summed E-state index contributed by atoms with van der Waals surface area (Å²) in [6.45, 7) is 1.35. The Kier molecular flexibility index (Phi) is 5.69. The van der Waals surface area contributed by atoms with Crippen molar-refractivity contribution in [1.82, 2.24) is 14.1 Å². The number of halogens is 3. The second-order valence-corrected chi connectivity index (χ2v) is 6.62. The highest BCUT2D eigenvalue weighted by Crippen LogP contribution is 2.28. The molecule has 1 aromatic carbocycles. The highest BCUT2D eigenvalue weighted by atomic mass is 19.4. The molecule has 9 heteroatoms. The van der Waals surface area contributed by atoms with E-state index in [0.717, 1.165) is 16.2 Å². The van der Waals surface area contributed by atoms with Crippen molar-refractivity contribution in [1.29, 1.82) is 0 Å². The zero-order valence-electron chi connectivity index (χ0n) is 15.6. The molecule has 2 aromatic heterocycles. The molecular formula is C20H19F3N4O2. The van der Waals surface area contributed by atoms with Gasteiger partial charge < -0.3 is 5.73 Å². The van der Waals surface area contributed by atoms with Crippen molar-refractivity contribution in [2.75, 3.05) is 0 Å². The molecule has 0 aliphatic heterocycles. The average molecular weight is 404 g/mol. The second kappa shape index (κ2) is 8.04. The fourth-order valence-electron chi connectivity index (χ4n) is 2.99. The number of nitrogens with two attached hydrogens (primary N) is 1. The molecule has 0 amide bonds. The first-order valence-electron chi connectivity index (χ1n) is 8.81. The Morgan fingerprint density at radius 3 is 2.28 bits per heavy atom. The third-order valence-corrected chi connectivity index (χ3v) is 4.45. The Bertz CT molecular complexity index is 1140. The lowest BCUT2D eigenvalue weighted by Crippen LogP contribution is -2.41. The summed E-state index contributed by atoms with van der Waals surface area (Å²) in [4.78, 5) is 28.9. The maximum absolute atomic E-state index is 13.1. The Morgan fingerprint density at radius 2 is 1.66 bits per heavy atom. The largest absolute Gasteiger partial charge is 0.433 e. The van der Waals surface area contributed by atoms with E-state index in [1.807, 2.05) is 30.3 Å². The minimum Gasteiger partial charge on any atom is -0.326 e. The minimum atomic E-state index is -4.66. The summed E-state index contributed by atoms with van der Waals surface area (Å²) in [7, 11) is 0. The van der Waals surface area contributed by atoms with Crippen LogP contribution < -0.4 is 17.0 Å². The molecule has 152 valence electrons. The van der Waals surface area contributed by atoms with E-state index in [0.29, 0.717) is 5.69 Å². The zero-order chi connectivity index (χ0) is 21.2. The van der Waals surface area contributed by atoms with E-state index in [9.17, 15) is 22.8 Å². The molecule has 29 heavy (non-hydrogen) atoms. The first kappa shape index (κ1) is 20.5. The first-order chi connectivity index (χ1) is 13.7. The highest BCUT2D eigenvalue weighted by molar-refractivity contribution is 5.24. The summed E-state index contributed by atoms with van der Waals surface area (Å²) < 4.78 is 41.6. The van der Waals surface area contributed by atoms with Crippen molar-refractivity contribution in [3.05, 3.63) is 97.6 Å². The minimum absolute atomic E-state index is 0.0606. The van der Waals surface area contributed by atoms with Crippen molar-refractivity contribution in [2.24, 2.45) is 5.73 Å². The lowest BCUT2D eigenvalue weighted by atomic mass is 10.2. The van der Waals surface area contributed by atoms with Gasteiger partial charge in [0.05, 0.1) is 18.8 Å². The third-order valence-electron chi connectivity index (χ3n) is 4.45. The van der Waals surface area contributed by atoms with Gasteiger partial charge in [-0.3, -0.25) is 13.9 Å². The number of aromatic nitrogens is 3. The van der Waals surface area contributed by atoms with E-state index < -0.39 is 23.1 Å². The van der Waals surface area contributed by atoms with Crippen molar-refractivity contribution in [3.8, 4) is 0 Å². The van der Waals surface area contributed by atoms with Crippen molar-refractivity contribution < 1.29 is 13.2 Å². The summed E-state index contributed by atoms with van der Waals surface area (Å²) in [6.07, 6.45) is -4.66. The maximum Gasteiger partial charge on any atom is 0.433 e. The third kappa shape index (κ3) is 4.62. The zero-order valence-corrected chi connectivity index (χ0v) is 15.6. The standard InChI is InChI=1S/C20H19F3N4O2/c1-13-7-18(28)27(19(29)26(13)11-14-5-3-2-4-6-14)12-16-8-15(10-24)9-17(25-16)20(21,22)23/h2-9H,10-12,24H2,1H3. The van der Waals surface area contributed by atoms with Crippen LogP contribution in [0.3, 0.4) is 0 Å². The van der Waals surface area contributed by atoms with Gasteiger partial charge in [0.15, 0.2) is 0 Å². The van der Waals surface area contributed by atoms with Gasteiger partial charge in [-0.05, 0) is 30.2 Å². The van der Waals surface area contributed by atoms with Crippen LogP contribution >= 0.6 is 0 Å². The molecule has 0 fully saturated rings. The van der Waals surface area contributed by atoms with E-state index in [1.54, 1.807) is 6.92 Å². The SMILES string of the molecule is Cc1cc(=O)n(Cc2cc(CN)cc(C(F)(F)F)n2)c(=O)n1Cc1ccccc1. The monoisotopic (exact) mass is 404 g/mol. The number of hydrogen-bond acceptors (Lipinski definition) is 4. The van der Waals surface area contributed by atoms with Gasteiger partial charge in [-0.1, -0.05) is 30.3 Å². The average Bonchev–Trinajstić information content (AvgIpc) is 2.68.